The summed E-state index contributed by atoms with van der Waals surface area (Å²) in [6.07, 6.45) is 2.18. The number of nitrogens with one attached hydrogen (secondary N) is 9. The number of methoxy groups -OCH3 is 4. The monoisotopic (exact) mass is 2010 g/mol. The summed E-state index contributed by atoms with van der Waals surface area (Å²) >= 11 is 0. The van der Waals surface area contributed by atoms with Gasteiger partial charge < -0.3 is 96.4 Å². The SMILES string of the molecule is CNC(=O)NC(C)C(=O)CC(Cc1ccc(OC)cc1)C(=O)NC(Cc1ccccc1)C(=O)C1(C)CO1.CNC(C)C(=O)CC(Cc1ccc(OC)cc1)C(=O)NC(Cc1ccccc1)C(=O)C1(C)CO1.COc1ccc(CC(CC(=O)C(C)NC(=O)CN(C)C)C(=O)NC(Cc2ccccc2)C(=O)C2(C)CO2)cc1.COc1ccc(CC(CC(=O)C(C)NC(N)=O)C(=O)NC(Cc2ccccc2)C(=O)C2(C)CO2)cc1. The van der Waals surface area contributed by atoms with Crippen LogP contribution < -0.4 is 72.5 Å². The van der Waals surface area contributed by atoms with E-state index in [-0.39, 0.29) is 116 Å². The van der Waals surface area contributed by atoms with Gasteiger partial charge in [-0.25, -0.2) is 9.59 Å². The van der Waals surface area contributed by atoms with Gasteiger partial charge in [-0.05, 0) is 221 Å². The molecule has 782 valence electrons. The number of primary amides is 1. The number of benzene rings is 8. The molecular formula is C112H141N11O23. The number of ketones is 8. The third-order valence-electron chi connectivity index (χ3n) is 26.0. The number of carbonyl (C=O) groups is 15. The topological polar surface area (TPSA) is 481 Å². The van der Waals surface area contributed by atoms with Gasteiger partial charge in [0.2, 0.25) is 29.5 Å². The maximum absolute atomic E-state index is 13.7. The molecule has 34 heteroatoms. The van der Waals surface area contributed by atoms with E-state index in [1.807, 2.05) is 182 Å². The Morgan fingerprint density at radius 2 is 0.521 bits per heavy atom. The third-order valence-corrected chi connectivity index (χ3v) is 26.0. The van der Waals surface area contributed by atoms with Crippen LogP contribution in [-0.2, 0) is 133 Å². The second-order valence-electron chi connectivity index (χ2n) is 38.4. The molecule has 0 saturated carbocycles. The Morgan fingerprint density at radius 3 is 0.719 bits per heavy atom. The molecule has 12 rings (SSSR count). The summed E-state index contributed by atoms with van der Waals surface area (Å²) < 4.78 is 42.3. The largest absolute Gasteiger partial charge is 0.497 e. The van der Waals surface area contributed by atoms with Gasteiger partial charge in [-0.1, -0.05) is 170 Å². The molecule has 8 aromatic rings. The smallest absolute Gasteiger partial charge is 0.315 e. The van der Waals surface area contributed by atoms with Crippen LogP contribution in [0, 0.1) is 23.7 Å². The van der Waals surface area contributed by atoms with Crippen molar-refractivity contribution in [2.45, 2.75) is 203 Å². The van der Waals surface area contributed by atoms with Gasteiger partial charge in [-0.3, -0.25) is 62.3 Å². The lowest BCUT2D eigenvalue weighted by Crippen LogP contribution is -2.50. The maximum Gasteiger partial charge on any atom is 0.315 e. The van der Waals surface area contributed by atoms with Crippen LogP contribution in [0.5, 0.6) is 23.0 Å². The van der Waals surface area contributed by atoms with Crippen LogP contribution in [0.25, 0.3) is 0 Å². The summed E-state index contributed by atoms with van der Waals surface area (Å²) in [5, 5.41) is 24.6. The number of nitrogens with two attached hydrogens (primary N) is 1. The van der Waals surface area contributed by atoms with Crippen LogP contribution in [0.3, 0.4) is 0 Å². The van der Waals surface area contributed by atoms with Gasteiger partial charge in [0.15, 0.2) is 40.5 Å². The number of urea groups is 2. The number of ether oxygens (including phenoxy) is 8. The summed E-state index contributed by atoms with van der Waals surface area (Å²) in [5.74, 6) is -3.69. The average molecular weight is 2010 g/mol. The minimum atomic E-state index is -0.923. The number of hydrogen-bond acceptors (Lipinski definition) is 25. The van der Waals surface area contributed by atoms with Crippen LogP contribution in [0.15, 0.2) is 218 Å². The van der Waals surface area contributed by atoms with Gasteiger partial charge in [-0.2, -0.15) is 0 Å². The molecule has 8 aromatic carbocycles. The van der Waals surface area contributed by atoms with E-state index in [1.54, 1.807) is 139 Å². The van der Waals surface area contributed by atoms with Gasteiger partial charge >= 0.3 is 12.1 Å². The number of Topliss-reactive ketones (excluding diaryl/α,β-unsaturated/α-hetero) is 8. The Morgan fingerprint density at radius 1 is 0.308 bits per heavy atom. The first-order valence-electron chi connectivity index (χ1n) is 48.9. The standard InChI is InChI=1S/C30H39N3O6.C28H35N3O6.C27H33N3O6.C27H34N2O5/c1-20(31-27(35)18-33(3)4)26(34)17-23(15-22-11-13-24(38-5)14-12-22)29(37)32-25(28(36)30(2)19-39-30)16-21-9-7-6-8-10-21;1-18(30-27(35)29-3)24(32)16-21(14-20-10-12-22(36-4)13-11-20)26(34)31-23(25(33)28(2)17-37-28)15-19-8-6-5-7-9-19;1-17(29-26(28)34)23(31)15-20(13-19-9-11-21(35-3)12-10-19)25(33)30-22(24(32)27(2)16-36-27)14-18-7-5-4-6-8-18;1-18(28-3)24(30)16-21(14-20-10-12-22(33-4)13-11-20)26(32)29-23(25(31)27(2)17-34-27)15-19-8-6-5-7-9-19/h6-14,20,23,25H,15-19H2,1-5H3,(H,31,35)(H,32,37);5-13,18,21,23H,14-17H2,1-4H3,(H,31,34)(H2,29,30,35);4-12,17,20,22H,13-16H2,1-3H3,(H,30,33)(H3,28,29,34);5-13,18,21,23,28H,14-17H2,1-4H3,(H,29,32). The first-order chi connectivity index (χ1) is 69.5. The minimum Gasteiger partial charge on any atom is -0.497 e. The Kier molecular flexibility index (Phi) is 43.8. The van der Waals surface area contributed by atoms with Crippen molar-refractivity contribution in [2.75, 3.05) is 89.6 Å². The Bertz CT molecular complexity index is 5710. The fraction of sp³-hybridized carbons (Fsp3) is 0.438. The predicted octanol–water partition coefficient (Wildman–Crippen LogP) is 8.64. The van der Waals surface area contributed by atoms with E-state index in [2.05, 4.69) is 47.9 Å². The van der Waals surface area contributed by atoms with Crippen molar-refractivity contribution in [2.24, 2.45) is 29.4 Å². The quantitative estimate of drug-likeness (QED) is 0.0159. The number of epoxide rings is 4. The Labute approximate surface area is 854 Å². The normalized spacial score (nSPS) is 18.9. The predicted molar refractivity (Wildman–Crippen MR) is 549 cm³/mol. The Hall–Kier alpha value is -14.0. The minimum absolute atomic E-state index is 0.0559. The number of rotatable bonds is 54. The molecule has 146 heavy (non-hydrogen) atoms. The highest BCUT2D eigenvalue weighted by Crippen LogP contribution is 2.35. The zero-order chi connectivity index (χ0) is 107. The second-order valence-corrected chi connectivity index (χ2v) is 38.4. The average Bonchev–Trinajstić information content (AvgIpc) is 1.65. The fourth-order valence-corrected chi connectivity index (χ4v) is 16.2. The van der Waals surface area contributed by atoms with E-state index in [9.17, 15) is 71.9 Å². The first-order valence-corrected chi connectivity index (χ1v) is 48.9. The van der Waals surface area contributed by atoms with Crippen LogP contribution in [0.1, 0.15) is 126 Å². The van der Waals surface area contributed by atoms with Gasteiger partial charge in [0.25, 0.3) is 0 Å². The molecule has 4 aliphatic rings. The van der Waals surface area contributed by atoms with Crippen LogP contribution in [0.2, 0.25) is 0 Å². The molecular weight excluding hydrogens is 1870 g/mol. The van der Waals surface area contributed by atoms with E-state index >= 15 is 0 Å². The van der Waals surface area contributed by atoms with Crippen molar-refractivity contribution in [3.05, 3.63) is 263 Å². The number of carbonyl (C=O) groups excluding carboxylic acids is 15. The molecule has 0 aromatic heterocycles. The zero-order valence-electron chi connectivity index (χ0n) is 86.1. The molecule has 0 bridgehead atoms. The van der Waals surface area contributed by atoms with Crippen LogP contribution >= 0.6 is 0 Å². The summed E-state index contributed by atoms with van der Waals surface area (Å²) in [6, 6.07) is 59.7. The lowest BCUT2D eigenvalue weighted by molar-refractivity contribution is -0.134. The summed E-state index contributed by atoms with van der Waals surface area (Å²) in [6.45, 7) is 14.8. The molecule has 4 fully saturated rings. The second kappa shape index (κ2) is 55.3. The zero-order valence-corrected chi connectivity index (χ0v) is 86.1. The number of hydrogen-bond donors (Lipinski definition) is 10. The lowest BCUT2D eigenvalue weighted by Gasteiger charge is -2.24. The van der Waals surface area contributed by atoms with Crippen molar-refractivity contribution in [1.82, 2.24) is 52.8 Å². The summed E-state index contributed by atoms with van der Waals surface area (Å²) in [4.78, 5) is 195. The first kappa shape index (κ1) is 116. The van der Waals surface area contributed by atoms with E-state index in [0.29, 0.717) is 75.8 Å². The highest BCUT2D eigenvalue weighted by atomic mass is 16.6. The van der Waals surface area contributed by atoms with Crippen molar-refractivity contribution in [3.8, 4) is 23.0 Å². The van der Waals surface area contributed by atoms with E-state index in [4.69, 9.17) is 43.6 Å². The molecule has 11 N–H and O–H groups in total. The summed E-state index contributed by atoms with van der Waals surface area (Å²) in [5.41, 5.74) is 8.58. The van der Waals surface area contributed by atoms with Crippen molar-refractivity contribution >= 4 is 87.9 Å². The molecule has 34 nitrogen and oxygen atoms in total. The maximum atomic E-state index is 13.7. The number of nitrogens with zero attached hydrogens (tertiary/aromatic N) is 1. The fourth-order valence-electron chi connectivity index (χ4n) is 16.2. The van der Waals surface area contributed by atoms with Gasteiger partial charge in [0.05, 0.1) is 110 Å². The molecule has 16 unspecified atom stereocenters. The number of amides is 9. The molecule has 4 saturated heterocycles. The molecule has 16 atom stereocenters. The van der Waals surface area contributed by atoms with E-state index in [0.717, 1.165) is 50.3 Å². The molecule has 0 spiro atoms. The molecule has 4 heterocycles. The highest BCUT2D eigenvalue weighted by molar-refractivity contribution is 6.02. The Balaban J connectivity index is 0.000000217. The molecule has 4 aliphatic heterocycles. The van der Waals surface area contributed by atoms with E-state index in [1.165, 1.54) is 14.0 Å². The molecule has 0 aliphatic carbocycles. The van der Waals surface area contributed by atoms with Gasteiger partial charge in [-0.15, -0.1) is 0 Å². The summed E-state index contributed by atoms with van der Waals surface area (Å²) in [7, 11) is 13.0. The van der Waals surface area contributed by atoms with Crippen molar-refractivity contribution < 1.29 is 110 Å². The molecule has 9 amide bonds. The lowest BCUT2D eigenvalue weighted by atomic mass is 9.89. The van der Waals surface area contributed by atoms with Crippen molar-refractivity contribution in [1.29, 1.82) is 0 Å². The van der Waals surface area contributed by atoms with Crippen LogP contribution in [-0.4, -0.2) is 253 Å². The van der Waals surface area contributed by atoms with E-state index < -0.39 is 118 Å². The highest BCUT2D eigenvalue weighted by Gasteiger charge is 2.54. The van der Waals surface area contributed by atoms with Crippen molar-refractivity contribution in [3.63, 3.8) is 0 Å². The van der Waals surface area contributed by atoms with Gasteiger partial charge in [0.1, 0.15) is 51.2 Å². The molecule has 0 radical (unpaired) electrons. The van der Waals surface area contributed by atoms with Gasteiger partial charge in [0, 0.05) is 56.4 Å². The third kappa shape index (κ3) is 36.9. The van der Waals surface area contributed by atoms with Crippen LogP contribution in [0.4, 0.5) is 9.59 Å². The number of likely N-dealkylation sites (N-methyl/N-ethyl adjacent to an activating group) is 2.